The van der Waals surface area contributed by atoms with E-state index in [1.165, 1.54) is 16.3 Å². The molecule has 7 nitrogen and oxygen atoms in total. The van der Waals surface area contributed by atoms with E-state index in [-0.39, 0.29) is 18.0 Å². The Bertz CT molecular complexity index is 1590. The van der Waals surface area contributed by atoms with Crippen molar-refractivity contribution in [1.82, 2.24) is 10.4 Å². The zero-order valence-corrected chi connectivity index (χ0v) is 23.3. The van der Waals surface area contributed by atoms with E-state index in [0.29, 0.717) is 35.4 Å². The standard InChI is InChI=1S/C33H29N3O4S/c1-2-31(37)35-36(26-17-19-27(20-18-26)39-21-24-11-5-3-6-12-24)33(38)29-23-41-32(34-29)28-15-9-10-16-30(28)40-22-25-13-7-4-8-14-25/h3-20,23H,2,21-22H2,1H3,(H,35,37). The Balaban J connectivity index is 1.33. The van der Waals surface area contributed by atoms with Crippen LogP contribution >= 0.6 is 11.3 Å². The molecule has 0 saturated heterocycles. The van der Waals surface area contributed by atoms with Crippen molar-refractivity contribution in [3.05, 3.63) is 131 Å². The number of thiazole rings is 1. The first-order chi connectivity index (χ1) is 20.1. The van der Waals surface area contributed by atoms with Crippen LogP contribution in [0.4, 0.5) is 5.69 Å². The number of hydrogen-bond donors (Lipinski definition) is 1. The largest absolute Gasteiger partial charge is 0.489 e. The average Bonchev–Trinajstić information content (AvgIpc) is 3.53. The van der Waals surface area contributed by atoms with Crippen LogP contribution in [0.15, 0.2) is 115 Å². The molecule has 4 aromatic carbocycles. The van der Waals surface area contributed by atoms with Gasteiger partial charge in [0.2, 0.25) is 5.91 Å². The molecule has 1 aromatic heterocycles. The second-order valence-corrected chi connectivity index (χ2v) is 9.96. The van der Waals surface area contributed by atoms with Crippen molar-refractivity contribution >= 4 is 28.8 Å². The summed E-state index contributed by atoms with van der Waals surface area (Å²) < 4.78 is 12.0. The summed E-state index contributed by atoms with van der Waals surface area (Å²) in [5, 5.41) is 3.56. The van der Waals surface area contributed by atoms with Crippen LogP contribution < -0.4 is 19.9 Å². The first kappa shape index (κ1) is 27.6. The van der Waals surface area contributed by atoms with Crippen LogP contribution in [0.25, 0.3) is 10.6 Å². The van der Waals surface area contributed by atoms with E-state index in [1.54, 1.807) is 36.6 Å². The molecule has 8 heteroatoms. The molecule has 1 N–H and O–H groups in total. The number of nitrogens with one attached hydrogen (secondary N) is 1. The van der Waals surface area contributed by atoms with E-state index in [1.807, 2.05) is 84.9 Å². The van der Waals surface area contributed by atoms with Crippen LogP contribution in [-0.4, -0.2) is 16.8 Å². The van der Waals surface area contributed by atoms with Gasteiger partial charge in [-0.15, -0.1) is 11.3 Å². The van der Waals surface area contributed by atoms with Crippen LogP contribution in [0, 0.1) is 0 Å². The van der Waals surface area contributed by atoms with Gasteiger partial charge in [-0.25, -0.2) is 9.99 Å². The Morgan fingerprint density at radius 3 is 2.05 bits per heavy atom. The van der Waals surface area contributed by atoms with Crippen molar-refractivity contribution in [2.75, 3.05) is 5.01 Å². The minimum Gasteiger partial charge on any atom is -0.489 e. The SMILES string of the molecule is CCC(=O)NN(C(=O)c1csc(-c2ccccc2OCc2ccccc2)n1)c1ccc(OCc2ccccc2)cc1. The molecule has 0 spiro atoms. The van der Waals surface area contributed by atoms with Gasteiger partial charge in [0.25, 0.3) is 5.91 Å². The van der Waals surface area contributed by atoms with Gasteiger partial charge in [0.1, 0.15) is 35.4 Å². The van der Waals surface area contributed by atoms with Gasteiger partial charge >= 0.3 is 0 Å². The Hall–Kier alpha value is -4.95. The maximum atomic E-state index is 13.6. The first-order valence-electron chi connectivity index (χ1n) is 13.2. The van der Waals surface area contributed by atoms with Gasteiger partial charge in [-0.2, -0.15) is 0 Å². The maximum Gasteiger partial charge on any atom is 0.296 e. The lowest BCUT2D eigenvalue weighted by Crippen LogP contribution is -2.46. The Morgan fingerprint density at radius 2 is 1.39 bits per heavy atom. The van der Waals surface area contributed by atoms with Gasteiger partial charge in [-0.05, 0) is 47.5 Å². The molecule has 0 radical (unpaired) electrons. The summed E-state index contributed by atoms with van der Waals surface area (Å²) in [5.41, 5.74) is 6.30. The quantitative estimate of drug-likeness (QED) is 0.184. The molecule has 1 heterocycles. The smallest absolute Gasteiger partial charge is 0.296 e. The highest BCUT2D eigenvalue weighted by Crippen LogP contribution is 2.33. The molecular weight excluding hydrogens is 534 g/mol. The summed E-state index contributed by atoms with van der Waals surface area (Å²) in [6, 6.07) is 34.4. The van der Waals surface area contributed by atoms with Crippen LogP contribution in [0.3, 0.4) is 0 Å². The topological polar surface area (TPSA) is 80.8 Å². The van der Waals surface area contributed by atoms with E-state index in [4.69, 9.17) is 9.47 Å². The molecule has 2 amide bonds. The van der Waals surface area contributed by atoms with Crippen molar-refractivity contribution in [3.8, 4) is 22.1 Å². The number of anilines is 1. The molecule has 0 unspecified atom stereocenters. The second-order valence-electron chi connectivity index (χ2n) is 9.11. The maximum absolute atomic E-state index is 13.6. The minimum absolute atomic E-state index is 0.212. The third-order valence-electron chi connectivity index (χ3n) is 6.18. The lowest BCUT2D eigenvalue weighted by Gasteiger charge is -2.22. The summed E-state index contributed by atoms with van der Waals surface area (Å²) in [4.78, 5) is 30.6. The Morgan fingerprint density at radius 1 is 0.780 bits per heavy atom. The lowest BCUT2D eigenvalue weighted by atomic mass is 10.2. The molecule has 0 saturated carbocycles. The van der Waals surface area contributed by atoms with Gasteiger partial charge in [0.15, 0.2) is 0 Å². The van der Waals surface area contributed by atoms with Crippen molar-refractivity contribution in [3.63, 3.8) is 0 Å². The summed E-state index contributed by atoms with van der Waals surface area (Å²) in [7, 11) is 0. The number of carbonyl (C=O) groups excluding carboxylic acids is 2. The molecule has 0 aliphatic carbocycles. The fourth-order valence-corrected chi connectivity index (χ4v) is 4.81. The van der Waals surface area contributed by atoms with Crippen LogP contribution in [0.2, 0.25) is 0 Å². The molecule has 41 heavy (non-hydrogen) atoms. The molecule has 0 fully saturated rings. The number of hydrazine groups is 1. The highest BCUT2D eigenvalue weighted by atomic mass is 32.1. The van der Waals surface area contributed by atoms with Gasteiger partial charge in [-0.1, -0.05) is 79.7 Å². The average molecular weight is 564 g/mol. The number of rotatable bonds is 10. The van der Waals surface area contributed by atoms with Gasteiger partial charge in [0, 0.05) is 11.8 Å². The highest BCUT2D eigenvalue weighted by Gasteiger charge is 2.23. The van der Waals surface area contributed by atoms with Crippen molar-refractivity contribution < 1.29 is 19.1 Å². The second kappa shape index (κ2) is 13.4. The number of benzene rings is 4. The Kier molecular flexibility index (Phi) is 9.03. The number of carbonyl (C=O) groups is 2. The van der Waals surface area contributed by atoms with Crippen molar-refractivity contribution in [2.45, 2.75) is 26.6 Å². The number of hydrogen-bond acceptors (Lipinski definition) is 6. The van der Waals surface area contributed by atoms with Crippen LogP contribution in [0.5, 0.6) is 11.5 Å². The summed E-state index contributed by atoms with van der Waals surface area (Å²) in [5.74, 6) is 0.578. The predicted octanol–water partition coefficient (Wildman–Crippen LogP) is 7.06. The monoisotopic (exact) mass is 563 g/mol. The molecule has 5 rings (SSSR count). The van der Waals surface area contributed by atoms with Crippen LogP contribution in [-0.2, 0) is 18.0 Å². The van der Waals surface area contributed by atoms with Crippen LogP contribution in [0.1, 0.15) is 35.0 Å². The van der Waals surface area contributed by atoms with E-state index >= 15 is 0 Å². The molecule has 0 aliphatic rings. The number of ether oxygens (including phenoxy) is 2. The highest BCUT2D eigenvalue weighted by molar-refractivity contribution is 7.13. The first-order valence-corrected chi connectivity index (χ1v) is 14.1. The summed E-state index contributed by atoms with van der Waals surface area (Å²) in [6.07, 6.45) is 0.219. The van der Waals surface area contributed by atoms with Gasteiger partial charge < -0.3 is 9.47 Å². The molecule has 206 valence electrons. The number of amides is 2. The molecule has 5 aromatic rings. The lowest BCUT2D eigenvalue weighted by molar-refractivity contribution is -0.120. The van der Waals surface area contributed by atoms with E-state index < -0.39 is 5.91 Å². The fourth-order valence-electron chi connectivity index (χ4n) is 3.98. The number of nitrogens with zero attached hydrogens (tertiary/aromatic N) is 2. The van der Waals surface area contributed by atoms with E-state index in [9.17, 15) is 9.59 Å². The molecule has 0 aliphatic heterocycles. The minimum atomic E-state index is -0.449. The summed E-state index contributed by atoms with van der Waals surface area (Å²) in [6.45, 7) is 2.57. The third-order valence-corrected chi connectivity index (χ3v) is 7.06. The van der Waals surface area contributed by atoms with E-state index in [0.717, 1.165) is 16.7 Å². The molecular formula is C33H29N3O4S. The van der Waals surface area contributed by atoms with Crippen molar-refractivity contribution in [1.29, 1.82) is 0 Å². The Labute approximate surface area is 243 Å². The summed E-state index contributed by atoms with van der Waals surface area (Å²) >= 11 is 1.34. The predicted molar refractivity (Wildman–Crippen MR) is 161 cm³/mol. The third kappa shape index (κ3) is 7.17. The molecule has 0 atom stereocenters. The zero-order valence-electron chi connectivity index (χ0n) is 22.5. The van der Waals surface area contributed by atoms with Gasteiger partial charge in [0.05, 0.1) is 11.3 Å². The normalized spacial score (nSPS) is 10.6. The number of para-hydroxylation sites is 1. The fraction of sp³-hybridized carbons (Fsp3) is 0.121. The van der Waals surface area contributed by atoms with Crippen molar-refractivity contribution in [2.24, 2.45) is 0 Å². The van der Waals surface area contributed by atoms with E-state index in [2.05, 4.69) is 10.4 Å². The van der Waals surface area contributed by atoms with Gasteiger partial charge in [-0.3, -0.25) is 15.0 Å². The molecule has 0 bridgehead atoms. The number of aromatic nitrogens is 1. The zero-order chi connectivity index (χ0) is 28.4.